The van der Waals surface area contributed by atoms with Crippen molar-refractivity contribution >= 4 is 19.5 Å². The Hall–Kier alpha value is -0.990. The van der Waals surface area contributed by atoms with Gasteiger partial charge >= 0.3 is 24.9 Å². The van der Waals surface area contributed by atoms with Crippen LogP contribution in [0, 0.1) is 0 Å². The first-order valence-corrected chi connectivity index (χ1v) is 7.31. The van der Waals surface area contributed by atoms with Crippen molar-refractivity contribution < 1.29 is 42.9 Å². The lowest BCUT2D eigenvalue weighted by atomic mass is 10.2. The number of ether oxygens (including phenoxy) is 4. The average Bonchev–Trinajstić information content (AvgIpc) is 2.39. The van der Waals surface area contributed by atoms with E-state index in [4.69, 9.17) is 9.47 Å². The summed E-state index contributed by atoms with van der Waals surface area (Å²) in [4.78, 5) is 42.6. The Morgan fingerprint density at radius 1 is 1.15 bits per heavy atom. The largest absolute Gasteiger partial charge is 0.467 e. The van der Waals surface area contributed by atoms with E-state index in [1.807, 2.05) is 0 Å². The molecule has 0 bridgehead atoms. The lowest BCUT2D eigenvalue weighted by Crippen LogP contribution is -2.57. The molecule has 0 aromatic rings. The molecule has 2 unspecified atom stereocenters. The molecule has 0 saturated heterocycles. The maximum atomic E-state index is 11.9. The molecule has 0 aliphatic carbocycles. The van der Waals surface area contributed by atoms with Crippen LogP contribution >= 0.6 is 7.60 Å². The number of rotatable bonds is 8. The van der Waals surface area contributed by atoms with E-state index in [0.717, 1.165) is 14.2 Å². The summed E-state index contributed by atoms with van der Waals surface area (Å²) in [5.74, 6) is -2.58. The molecule has 0 rings (SSSR count). The van der Waals surface area contributed by atoms with E-state index >= 15 is 0 Å². The van der Waals surface area contributed by atoms with Crippen LogP contribution in [0.5, 0.6) is 0 Å². The van der Waals surface area contributed by atoms with Crippen LogP contribution in [0.15, 0.2) is 0 Å². The SMILES string of the molecule is CCOC(C(=O)OC)C(OCC)(C(=O)OC)P(=O)(O)O. The maximum Gasteiger partial charge on any atom is 0.372 e. The fraction of sp³-hybridized carbons (Fsp3) is 0.800. The van der Waals surface area contributed by atoms with Crippen LogP contribution in [0.25, 0.3) is 0 Å². The first-order valence-electron chi connectivity index (χ1n) is 5.70. The Kier molecular flexibility index (Phi) is 7.32. The Labute approximate surface area is 116 Å². The fourth-order valence-electron chi connectivity index (χ4n) is 1.58. The molecular weight excluding hydrogens is 295 g/mol. The van der Waals surface area contributed by atoms with Crippen LogP contribution in [0.1, 0.15) is 13.8 Å². The molecule has 20 heavy (non-hydrogen) atoms. The molecule has 0 fully saturated rings. The van der Waals surface area contributed by atoms with Gasteiger partial charge in [-0.15, -0.1) is 0 Å². The van der Waals surface area contributed by atoms with Gasteiger partial charge in [-0.2, -0.15) is 0 Å². The molecule has 0 radical (unpaired) electrons. The van der Waals surface area contributed by atoms with E-state index in [0.29, 0.717) is 0 Å². The number of methoxy groups -OCH3 is 2. The molecule has 2 atom stereocenters. The van der Waals surface area contributed by atoms with Gasteiger partial charge in [0.2, 0.25) is 6.10 Å². The molecule has 118 valence electrons. The average molecular weight is 314 g/mol. The van der Waals surface area contributed by atoms with Gasteiger partial charge in [-0.1, -0.05) is 0 Å². The quantitative estimate of drug-likeness (QED) is 0.456. The van der Waals surface area contributed by atoms with Crippen molar-refractivity contribution in [2.45, 2.75) is 25.3 Å². The molecule has 10 heteroatoms. The summed E-state index contributed by atoms with van der Waals surface area (Å²) in [6, 6.07) is 0. The van der Waals surface area contributed by atoms with Gasteiger partial charge in [-0.3, -0.25) is 4.57 Å². The highest BCUT2D eigenvalue weighted by Crippen LogP contribution is 2.55. The molecule has 0 amide bonds. The molecule has 2 N–H and O–H groups in total. The summed E-state index contributed by atoms with van der Waals surface area (Å²) in [5.41, 5.74) is 0. The zero-order valence-corrected chi connectivity index (χ0v) is 12.6. The second-order valence-electron chi connectivity index (χ2n) is 3.52. The van der Waals surface area contributed by atoms with Crippen molar-refractivity contribution in [3.8, 4) is 0 Å². The number of carbonyl (C=O) groups is 2. The molecule has 0 saturated carbocycles. The topological polar surface area (TPSA) is 129 Å². The van der Waals surface area contributed by atoms with Crippen molar-refractivity contribution in [2.75, 3.05) is 27.4 Å². The summed E-state index contributed by atoms with van der Waals surface area (Å²) in [6.07, 6.45) is -1.95. The van der Waals surface area contributed by atoms with Crippen LogP contribution in [0.4, 0.5) is 0 Å². The molecule has 0 aliphatic heterocycles. The molecule has 0 heterocycles. The maximum absolute atomic E-state index is 11.9. The Balaban J connectivity index is 6.08. The number of hydrogen-bond donors (Lipinski definition) is 2. The first kappa shape index (κ1) is 19.0. The Morgan fingerprint density at radius 2 is 1.70 bits per heavy atom. The summed E-state index contributed by atoms with van der Waals surface area (Å²) in [5, 5.41) is -2.90. The van der Waals surface area contributed by atoms with Gasteiger partial charge in [0, 0.05) is 13.2 Å². The van der Waals surface area contributed by atoms with Crippen molar-refractivity contribution in [3.63, 3.8) is 0 Å². The van der Waals surface area contributed by atoms with E-state index in [2.05, 4.69) is 9.47 Å². The normalized spacial score (nSPS) is 16.1. The highest BCUT2D eigenvalue weighted by Gasteiger charge is 2.65. The Morgan fingerprint density at radius 3 is 2.00 bits per heavy atom. The van der Waals surface area contributed by atoms with Gasteiger partial charge in [0.1, 0.15) is 0 Å². The van der Waals surface area contributed by atoms with Gasteiger partial charge in [0.05, 0.1) is 14.2 Å². The molecule has 0 aromatic carbocycles. The van der Waals surface area contributed by atoms with Crippen LogP contribution in [0.3, 0.4) is 0 Å². The lowest BCUT2D eigenvalue weighted by molar-refractivity contribution is -0.189. The van der Waals surface area contributed by atoms with Gasteiger partial charge in [-0.05, 0) is 13.8 Å². The third-order valence-corrected chi connectivity index (χ3v) is 3.79. The number of esters is 2. The van der Waals surface area contributed by atoms with Gasteiger partial charge in [0.25, 0.3) is 0 Å². The van der Waals surface area contributed by atoms with Gasteiger partial charge in [-0.25, -0.2) is 9.59 Å². The van der Waals surface area contributed by atoms with Crippen molar-refractivity contribution in [1.82, 2.24) is 0 Å². The molecule has 0 aromatic heterocycles. The molecular formula is C10H19O9P. The van der Waals surface area contributed by atoms with Crippen LogP contribution < -0.4 is 0 Å². The van der Waals surface area contributed by atoms with Crippen LogP contribution in [-0.2, 0) is 33.1 Å². The highest BCUT2D eigenvalue weighted by molar-refractivity contribution is 7.54. The fourth-order valence-corrected chi connectivity index (χ4v) is 2.69. The summed E-state index contributed by atoms with van der Waals surface area (Å²) < 4.78 is 30.4. The van der Waals surface area contributed by atoms with Crippen LogP contribution in [0.2, 0.25) is 0 Å². The molecule has 0 aliphatic rings. The standard InChI is InChI=1S/C10H19O9P/c1-5-18-7(8(11)16-3)10(19-6-2,9(12)17-4)20(13,14)15/h7H,5-6H2,1-4H3,(H2,13,14,15). The van der Waals surface area contributed by atoms with E-state index in [1.54, 1.807) is 0 Å². The number of hydrogen-bond acceptors (Lipinski definition) is 7. The van der Waals surface area contributed by atoms with Crippen molar-refractivity contribution in [1.29, 1.82) is 0 Å². The van der Waals surface area contributed by atoms with E-state index in [1.165, 1.54) is 13.8 Å². The van der Waals surface area contributed by atoms with E-state index in [-0.39, 0.29) is 13.2 Å². The molecule has 0 spiro atoms. The second-order valence-corrected chi connectivity index (χ2v) is 5.28. The predicted octanol–water partition coefficient (Wildman–Crippen LogP) is -0.352. The minimum Gasteiger partial charge on any atom is -0.467 e. The van der Waals surface area contributed by atoms with Crippen molar-refractivity contribution in [2.24, 2.45) is 0 Å². The monoisotopic (exact) mass is 314 g/mol. The summed E-state index contributed by atoms with van der Waals surface area (Å²) >= 11 is 0. The van der Waals surface area contributed by atoms with Crippen LogP contribution in [-0.4, -0.2) is 60.6 Å². The lowest BCUT2D eigenvalue weighted by Gasteiger charge is -2.35. The predicted molar refractivity (Wildman–Crippen MR) is 65.8 cm³/mol. The molecule has 9 nitrogen and oxygen atoms in total. The zero-order valence-electron chi connectivity index (χ0n) is 11.7. The summed E-state index contributed by atoms with van der Waals surface area (Å²) in [7, 11) is -3.37. The van der Waals surface area contributed by atoms with Crippen molar-refractivity contribution in [3.05, 3.63) is 0 Å². The first-order chi connectivity index (χ1) is 9.22. The van der Waals surface area contributed by atoms with E-state index in [9.17, 15) is 23.9 Å². The minimum absolute atomic E-state index is 0.106. The minimum atomic E-state index is -5.27. The highest BCUT2D eigenvalue weighted by atomic mass is 31.2. The van der Waals surface area contributed by atoms with E-state index < -0.39 is 31.0 Å². The zero-order chi connectivity index (χ0) is 16.0. The third-order valence-electron chi connectivity index (χ3n) is 2.38. The smallest absolute Gasteiger partial charge is 0.372 e. The summed E-state index contributed by atoms with van der Waals surface area (Å²) in [6.45, 7) is 2.50. The van der Waals surface area contributed by atoms with Gasteiger partial charge in [0.15, 0.2) is 0 Å². The third kappa shape index (κ3) is 3.56. The van der Waals surface area contributed by atoms with Gasteiger partial charge < -0.3 is 28.7 Å². The Bertz CT molecular complexity index is 390. The second kappa shape index (κ2) is 7.70. The number of carbonyl (C=O) groups excluding carboxylic acids is 2.